The number of hydrogen-bond donors (Lipinski definition) is 4. The van der Waals surface area contributed by atoms with Gasteiger partial charge in [-0.3, -0.25) is 19.2 Å². The van der Waals surface area contributed by atoms with Gasteiger partial charge in [-0.2, -0.15) is 0 Å². The standard InChI is InChI=1S/C34H60O14/c1-4-5-15-18-30(42)48-33-32(47-29(41)19-16-13-11-9-7-6-8-10-12-14-17-20-35)31(45-25(3)38)28(23-43-24(2)37)46-34(33)44-22-27(40)26(39)21-36/h26-28,31-36,39-40H,4-23H2,1-3H3/t26-,27+,28-,31-,32+,33+,34-/m1/s1. The molecule has 14 nitrogen and oxygen atoms in total. The highest BCUT2D eigenvalue weighted by Gasteiger charge is 2.53. The zero-order chi connectivity index (χ0) is 35.7. The van der Waals surface area contributed by atoms with Crippen molar-refractivity contribution >= 4 is 23.9 Å². The molecule has 1 aliphatic rings. The van der Waals surface area contributed by atoms with Crippen LogP contribution in [0.2, 0.25) is 0 Å². The Kier molecular flexibility index (Phi) is 24.1. The van der Waals surface area contributed by atoms with Crippen molar-refractivity contribution in [1.82, 2.24) is 0 Å². The second kappa shape index (κ2) is 26.5. The van der Waals surface area contributed by atoms with Gasteiger partial charge in [0.15, 0.2) is 24.6 Å². The smallest absolute Gasteiger partial charge is 0.306 e. The Morgan fingerprint density at radius 1 is 0.646 bits per heavy atom. The lowest BCUT2D eigenvalue weighted by molar-refractivity contribution is -0.312. The monoisotopic (exact) mass is 692 g/mol. The largest absolute Gasteiger partial charge is 0.463 e. The molecule has 0 saturated carbocycles. The molecule has 0 amide bonds. The minimum atomic E-state index is -1.55. The van der Waals surface area contributed by atoms with Crippen LogP contribution in [0, 0.1) is 0 Å². The molecular weight excluding hydrogens is 632 g/mol. The highest BCUT2D eigenvalue weighted by atomic mass is 16.7. The van der Waals surface area contributed by atoms with Crippen LogP contribution in [0.3, 0.4) is 0 Å². The first-order chi connectivity index (χ1) is 23.0. The summed E-state index contributed by atoms with van der Waals surface area (Å²) >= 11 is 0. The van der Waals surface area contributed by atoms with E-state index < -0.39 is 86.6 Å². The number of aliphatic hydroxyl groups excluding tert-OH is 4. The van der Waals surface area contributed by atoms with Gasteiger partial charge in [0, 0.05) is 33.3 Å². The van der Waals surface area contributed by atoms with E-state index >= 15 is 0 Å². The molecule has 0 aromatic heterocycles. The molecule has 0 aliphatic carbocycles. The Labute approximate surface area is 284 Å². The molecule has 0 unspecified atom stereocenters. The van der Waals surface area contributed by atoms with Gasteiger partial charge in [-0.25, -0.2) is 0 Å². The maximum atomic E-state index is 13.2. The SMILES string of the molecule is CCCCCC(=O)O[C@@H]1[C@H](OC[C@H](O)[C@H](O)CO)O[C@H](COC(C)=O)[C@@H](OC(C)=O)[C@@H]1OC(=O)CCCCCCCCCCCCCO. The van der Waals surface area contributed by atoms with E-state index in [0.717, 1.165) is 71.1 Å². The fourth-order valence-corrected chi connectivity index (χ4v) is 5.28. The van der Waals surface area contributed by atoms with Crippen molar-refractivity contribution in [2.45, 2.75) is 166 Å². The highest BCUT2D eigenvalue weighted by Crippen LogP contribution is 2.31. The van der Waals surface area contributed by atoms with Crippen LogP contribution in [-0.2, 0) is 47.6 Å². The number of hydrogen-bond acceptors (Lipinski definition) is 14. The summed E-state index contributed by atoms with van der Waals surface area (Å²) in [5.41, 5.74) is 0. The van der Waals surface area contributed by atoms with Crippen LogP contribution in [0.15, 0.2) is 0 Å². The second-order valence-corrected chi connectivity index (χ2v) is 12.3. The van der Waals surface area contributed by atoms with Crippen molar-refractivity contribution in [2.75, 3.05) is 26.4 Å². The van der Waals surface area contributed by atoms with E-state index in [9.17, 15) is 34.5 Å². The van der Waals surface area contributed by atoms with E-state index in [1.54, 1.807) is 0 Å². The van der Waals surface area contributed by atoms with E-state index in [1.807, 2.05) is 6.92 Å². The molecule has 1 heterocycles. The summed E-state index contributed by atoms with van der Waals surface area (Å²) < 4.78 is 33.8. The van der Waals surface area contributed by atoms with Crippen molar-refractivity contribution in [3.8, 4) is 0 Å². The van der Waals surface area contributed by atoms with Crippen LogP contribution in [0.5, 0.6) is 0 Å². The first kappa shape index (κ1) is 43.7. The lowest BCUT2D eigenvalue weighted by Crippen LogP contribution is -2.63. The zero-order valence-electron chi connectivity index (χ0n) is 29.1. The van der Waals surface area contributed by atoms with Crippen LogP contribution < -0.4 is 0 Å². The Hall–Kier alpha value is -2.36. The van der Waals surface area contributed by atoms with Gasteiger partial charge in [0.05, 0.1) is 13.2 Å². The van der Waals surface area contributed by atoms with Gasteiger partial charge in [-0.05, 0) is 19.3 Å². The maximum absolute atomic E-state index is 13.2. The molecular formula is C34H60O14. The molecule has 280 valence electrons. The lowest BCUT2D eigenvalue weighted by atomic mass is 9.97. The fraction of sp³-hybridized carbons (Fsp3) is 0.882. The summed E-state index contributed by atoms with van der Waals surface area (Å²) in [6, 6.07) is 0. The number of carbonyl (C=O) groups is 4. The predicted octanol–water partition coefficient (Wildman–Crippen LogP) is 3.01. The quantitative estimate of drug-likeness (QED) is 0.0555. The van der Waals surface area contributed by atoms with Crippen LogP contribution in [-0.4, -0.2) is 114 Å². The van der Waals surface area contributed by atoms with E-state index in [-0.39, 0.29) is 19.4 Å². The van der Waals surface area contributed by atoms with Crippen molar-refractivity contribution in [3.63, 3.8) is 0 Å². The van der Waals surface area contributed by atoms with E-state index in [1.165, 1.54) is 19.8 Å². The second-order valence-electron chi connectivity index (χ2n) is 12.3. The van der Waals surface area contributed by atoms with Crippen LogP contribution >= 0.6 is 0 Å². The Balaban J connectivity index is 3.02. The normalized spacial score (nSPS) is 22.0. The number of carbonyl (C=O) groups excluding carboxylic acids is 4. The van der Waals surface area contributed by atoms with Gasteiger partial charge in [0.1, 0.15) is 24.9 Å². The number of rotatable bonds is 27. The zero-order valence-corrected chi connectivity index (χ0v) is 29.1. The van der Waals surface area contributed by atoms with Crippen LogP contribution in [0.1, 0.15) is 124 Å². The number of esters is 4. The Bertz CT molecular complexity index is 899. The van der Waals surface area contributed by atoms with E-state index in [2.05, 4.69) is 0 Å². The van der Waals surface area contributed by atoms with Gasteiger partial charge in [-0.1, -0.05) is 77.6 Å². The molecule has 7 atom stereocenters. The summed E-state index contributed by atoms with van der Waals surface area (Å²) in [6.45, 7) is 2.79. The van der Waals surface area contributed by atoms with Crippen molar-refractivity contribution in [2.24, 2.45) is 0 Å². The summed E-state index contributed by atoms with van der Waals surface area (Å²) in [5, 5.41) is 38.1. The Morgan fingerprint density at radius 3 is 1.67 bits per heavy atom. The molecule has 0 spiro atoms. The molecule has 0 aromatic carbocycles. The first-order valence-corrected chi connectivity index (χ1v) is 17.6. The van der Waals surface area contributed by atoms with Crippen molar-refractivity contribution in [1.29, 1.82) is 0 Å². The van der Waals surface area contributed by atoms with Gasteiger partial charge >= 0.3 is 23.9 Å². The van der Waals surface area contributed by atoms with Crippen molar-refractivity contribution < 1.29 is 68.0 Å². The Morgan fingerprint density at radius 2 is 1.17 bits per heavy atom. The third kappa shape index (κ3) is 19.0. The molecule has 1 aliphatic heterocycles. The molecule has 1 saturated heterocycles. The van der Waals surface area contributed by atoms with Crippen molar-refractivity contribution in [3.05, 3.63) is 0 Å². The van der Waals surface area contributed by atoms with E-state index in [0.29, 0.717) is 12.8 Å². The first-order valence-electron chi connectivity index (χ1n) is 17.6. The van der Waals surface area contributed by atoms with E-state index in [4.69, 9.17) is 33.5 Å². The predicted molar refractivity (Wildman–Crippen MR) is 172 cm³/mol. The van der Waals surface area contributed by atoms with Gasteiger partial charge in [-0.15, -0.1) is 0 Å². The molecule has 0 radical (unpaired) electrons. The summed E-state index contributed by atoms with van der Waals surface area (Å²) in [5.74, 6) is -2.69. The number of aliphatic hydroxyl groups is 4. The molecule has 0 aromatic rings. The molecule has 4 N–H and O–H groups in total. The van der Waals surface area contributed by atoms with Gasteiger partial charge in [0.25, 0.3) is 0 Å². The van der Waals surface area contributed by atoms with Gasteiger partial charge < -0.3 is 48.8 Å². The highest BCUT2D eigenvalue weighted by molar-refractivity contribution is 5.71. The number of unbranched alkanes of at least 4 members (excludes halogenated alkanes) is 12. The third-order valence-electron chi connectivity index (χ3n) is 7.97. The molecule has 14 heteroatoms. The minimum absolute atomic E-state index is 0.0440. The average molecular weight is 693 g/mol. The fourth-order valence-electron chi connectivity index (χ4n) is 5.28. The topological polar surface area (TPSA) is 205 Å². The minimum Gasteiger partial charge on any atom is -0.463 e. The number of ether oxygens (including phenoxy) is 6. The summed E-state index contributed by atoms with van der Waals surface area (Å²) in [4.78, 5) is 49.9. The molecule has 1 fully saturated rings. The molecule has 1 rings (SSSR count). The van der Waals surface area contributed by atoms with Crippen LogP contribution in [0.25, 0.3) is 0 Å². The summed E-state index contributed by atoms with van der Waals surface area (Å²) in [6.07, 6.45) is 3.21. The van der Waals surface area contributed by atoms with Crippen LogP contribution in [0.4, 0.5) is 0 Å². The maximum Gasteiger partial charge on any atom is 0.306 e. The average Bonchev–Trinajstić information content (AvgIpc) is 3.04. The summed E-state index contributed by atoms with van der Waals surface area (Å²) in [7, 11) is 0. The molecule has 48 heavy (non-hydrogen) atoms. The third-order valence-corrected chi connectivity index (χ3v) is 7.97. The lowest BCUT2D eigenvalue weighted by Gasteiger charge is -2.44. The molecule has 0 bridgehead atoms. The van der Waals surface area contributed by atoms with Gasteiger partial charge in [0.2, 0.25) is 0 Å².